The van der Waals surface area contributed by atoms with E-state index in [2.05, 4.69) is 24.0 Å². The summed E-state index contributed by atoms with van der Waals surface area (Å²) in [6.07, 6.45) is 4.73. The Morgan fingerprint density at radius 3 is 2.09 bits per heavy atom. The maximum Gasteiger partial charge on any atom is 0.345 e. The summed E-state index contributed by atoms with van der Waals surface area (Å²) in [4.78, 5) is 15.7. The molecule has 3 nitrogen and oxygen atoms in total. The standard InChI is InChI=1S/C29H28FO3S/c1-2-19-29(20-7-4-8-21-29)33-28(31)22-32-24-13-17-27(18-14-24)34(25-9-5-3-6-10-25)26-15-11-23(30)12-16-26/h3,5-6,9-18H,4,7-8,20-22H2,1H3/q+1. The third-order valence-electron chi connectivity index (χ3n) is 5.77. The van der Waals surface area contributed by atoms with Crippen molar-refractivity contribution < 1.29 is 18.7 Å². The van der Waals surface area contributed by atoms with E-state index in [9.17, 15) is 9.18 Å². The highest BCUT2D eigenvalue weighted by Gasteiger charge is 2.34. The van der Waals surface area contributed by atoms with Gasteiger partial charge in [-0.3, -0.25) is 0 Å². The van der Waals surface area contributed by atoms with Crippen molar-refractivity contribution in [3.63, 3.8) is 0 Å². The molecule has 1 atom stereocenters. The van der Waals surface area contributed by atoms with Crippen LogP contribution in [0, 0.1) is 17.7 Å². The first kappa shape index (κ1) is 23.9. The van der Waals surface area contributed by atoms with E-state index < -0.39 is 11.6 Å². The van der Waals surface area contributed by atoms with Gasteiger partial charge < -0.3 is 9.47 Å². The van der Waals surface area contributed by atoms with Crippen LogP contribution in [-0.2, 0) is 20.4 Å². The summed E-state index contributed by atoms with van der Waals surface area (Å²) in [5.41, 5.74) is -0.670. The van der Waals surface area contributed by atoms with E-state index in [0.717, 1.165) is 46.8 Å². The zero-order chi connectivity index (χ0) is 23.8. The molecule has 1 fully saturated rings. The lowest BCUT2D eigenvalue weighted by Crippen LogP contribution is -2.37. The molecular formula is C29H28FO3S+. The van der Waals surface area contributed by atoms with Crippen LogP contribution in [0.3, 0.4) is 0 Å². The van der Waals surface area contributed by atoms with Gasteiger partial charge in [0.25, 0.3) is 0 Å². The van der Waals surface area contributed by atoms with E-state index in [0.29, 0.717) is 5.75 Å². The molecule has 0 aliphatic heterocycles. The Balaban J connectivity index is 1.45. The Morgan fingerprint density at radius 2 is 1.47 bits per heavy atom. The molecule has 4 rings (SSSR count). The molecule has 0 saturated heterocycles. The molecule has 3 aromatic carbocycles. The lowest BCUT2D eigenvalue weighted by molar-refractivity contribution is -0.159. The first-order valence-electron chi connectivity index (χ1n) is 11.5. The van der Waals surface area contributed by atoms with Crippen LogP contribution in [0.4, 0.5) is 4.39 Å². The lowest BCUT2D eigenvalue weighted by Gasteiger charge is -2.32. The minimum atomic E-state index is -0.670. The van der Waals surface area contributed by atoms with Crippen molar-refractivity contribution in [2.45, 2.75) is 59.3 Å². The van der Waals surface area contributed by atoms with Crippen molar-refractivity contribution >= 4 is 16.9 Å². The average molecular weight is 476 g/mol. The summed E-state index contributed by atoms with van der Waals surface area (Å²) in [6, 6.07) is 24.5. The van der Waals surface area contributed by atoms with Crippen molar-refractivity contribution in [3.8, 4) is 17.6 Å². The molecule has 1 saturated carbocycles. The van der Waals surface area contributed by atoms with Gasteiger partial charge in [0.2, 0.25) is 0 Å². The highest BCUT2D eigenvalue weighted by molar-refractivity contribution is 7.97. The second kappa shape index (κ2) is 11.3. The van der Waals surface area contributed by atoms with Crippen LogP contribution in [0.1, 0.15) is 39.0 Å². The van der Waals surface area contributed by atoms with Crippen molar-refractivity contribution in [1.29, 1.82) is 0 Å². The van der Waals surface area contributed by atoms with Crippen LogP contribution >= 0.6 is 0 Å². The van der Waals surface area contributed by atoms with Crippen molar-refractivity contribution in [2.75, 3.05) is 6.61 Å². The van der Waals surface area contributed by atoms with Gasteiger partial charge >= 0.3 is 5.97 Å². The Labute approximate surface area is 203 Å². The summed E-state index contributed by atoms with van der Waals surface area (Å²) in [6.45, 7) is 1.62. The molecule has 1 aliphatic rings. The number of rotatable bonds is 7. The molecule has 0 radical (unpaired) electrons. The average Bonchev–Trinajstić information content (AvgIpc) is 2.86. The zero-order valence-corrected chi connectivity index (χ0v) is 20.1. The topological polar surface area (TPSA) is 35.5 Å². The van der Waals surface area contributed by atoms with E-state index in [1.54, 1.807) is 6.92 Å². The minimum absolute atomic E-state index is 0.158. The summed E-state index contributed by atoms with van der Waals surface area (Å²) in [5, 5.41) is 0. The summed E-state index contributed by atoms with van der Waals surface area (Å²) in [5.74, 6) is 5.97. The van der Waals surface area contributed by atoms with Gasteiger partial charge in [0.1, 0.15) is 11.6 Å². The van der Waals surface area contributed by atoms with Gasteiger partial charge in [0.15, 0.2) is 26.9 Å². The monoisotopic (exact) mass is 475 g/mol. The molecule has 0 bridgehead atoms. The number of hydrogen-bond acceptors (Lipinski definition) is 3. The van der Waals surface area contributed by atoms with E-state index in [1.165, 1.54) is 12.1 Å². The van der Waals surface area contributed by atoms with Crippen LogP contribution in [0.25, 0.3) is 0 Å². The normalized spacial score (nSPS) is 15.5. The van der Waals surface area contributed by atoms with Gasteiger partial charge in [-0.2, -0.15) is 0 Å². The van der Waals surface area contributed by atoms with Gasteiger partial charge in [0, 0.05) is 0 Å². The van der Waals surface area contributed by atoms with E-state index in [-0.39, 0.29) is 23.3 Å². The maximum absolute atomic E-state index is 13.5. The predicted molar refractivity (Wildman–Crippen MR) is 132 cm³/mol. The number of carbonyl (C=O) groups excluding carboxylic acids is 1. The largest absolute Gasteiger partial charge is 0.482 e. The minimum Gasteiger partial charge on any atom is -0.482 e. The Hall–Kier alpha value is -3.23. The molecular weight excluding hydrogens is 447 g/mol. The van der Waals surface area contributed by atoms with Crippen LogP contribution in [0.5, 0.6) is 5.75 Å². The van der Waals surface area contributed by atoms with Crippen molar-refractivity contribution in [1.82, 2.24) is 0 Å². The fourth-order valence-electron chi connectivity index (χ4n) is 4.20. The highest BCUT2D eigenvalue weighted by atomic mass is 32.2. The molecule has 0 spiro atoms. The van der Waals surface area contributed by atoms with Crippen molar-refractivity contribution in [3.05, 3.63) is 84.7 Å². The molecule has 0 amide bonds. The first-order valence-corrected chi connectivity index (χ1v) is 12.7. The number of benzene rings is 3. The number of carbonyl (C=O) groups is 1. The maximum atomic E-state index is 13.5. The quantitative estimate of drug-likeness (QED) is 0.220. The first-order chi connectivity index (χ1) is 16.6. The second-order valence-corrected chi connectivity index (χ2v) is 10.3. The van der Waals surface area contributed by atoms with Crippen LogP contribution in [0.2, 0.25) is 0 Å². The number of halogens is 1. The number of esters is 1. The van der Waals surface area contributed by atoms with Gasteiger partial charge in [0.05, 0.1) is 10.9 Å². The summed E-state index contributed by atoms with van der Waals surface area (Å²) < 4.78 is 25.0. The van der Waals surface area contributed by atoms with E-state index in [1.807, 2.05) is 54.6 Å². The molecule has 3 aromatic rings. The fraction of sp³-hybridized carbons (Fsp3) is 0.276. The predicted octanol–water partition coefficient (Wildman–Crippen LogP) is 6.57. The Morgan fingerprint density at radius 1 is 0.882 bits per heavy atom. The molecule has 0 N–H and O–H groups in total. The number of ether oxygens (including phenoxy) is 2. The van der Waals surface area contributed by atoms with Crippen LogP contribution in [-0.4, -0.2) is 18.2 Å². The van der Waals surface area contributed by atoms with Gasteiger partial charge in [-0.15, -0.1) is 5.92 Å². The molecule has 34 heavy (non-hydrogen) atoms. The molecule has 1 unspecified atom stereocenters. The number of hydrogen-bond donors (Lipinski definition) is 0. The zero-order valence-electron chi connectivity index (χ0n) is 19.3. The summed E-state index contributed by atoms with van der Waals surface area (Å²) >= 11 is 0. The Bertz CT molecular complexity index is 1140. The Kier molecular flexibility index (Phi) is 7.92. The second-order valence-electron chi connectivity index (χ2n) is 8.24. The van der Waals surface area contributed by atoms with Crippen LogP contribution < -0.4 is 4.74 Å². The van der Waals surface area contributed by atoms with Gasteiger partial charge in [-0.25, -0.2) is 9.18 Å². The SMILES string of the molecule is CC#CC1(OC(=O)COc2ccc([S+](c3ccccc3)c3ccc(F)cc3)cc2)CCCCC1. The van der Waals surface area contributed by atoms with Crippen LogP contribution in [0.15, 0.2) is 93.5 Å². The summed E-state index contributed by atoms with van der Waals surface area (Å²) in [7, 11) is -0.386. The van der Waals surface area contributed by atoms with Crippen molar-refractivity contribution in [2.24, 2.45) is 0 Å². The molecule has 5 heteroatoms. The molecule has 0 aromatic heterocycles. The third-order valence-corrected chi connectivity index (χ3v) is 8.00. The smallest absolute Gasteiger partial charge is 0.345 e. The van der Waals surface area contributed by atoms with Gasteiger partial charge in [-0.05, 0) is 93.3 Å². The molecule has 1 aliphatic carbocycles. The molecule has 174 valence electrons. The van der Waals surface area contributed by atoms with E-state index >= 15 is 0 Å². The third kappa shape index (κ3) is 6.01. The highest BCUT2D eigenvalue weighted by Crippen LogP contribution is 2.33. The van der Waals surface area contributed by atoms with E-state index in [4.69, 9.17) is 9.47 Å². The fourth-order valence-corrected chi connectivity index (χ4v) is 6.26. The molecule has 0 heterocycles. The lowest BCUT2D eigenvalue weighted by atomic mass is 9.85. The van der Waals surface area contributed by atoms with Gasteiger partial charge in [-0.1, -0.05) is 30.5 Å².